The van der Waals surface area contributed by atoms with Gasteiger partial charge in [-0.2, -0.15) is 0 Å². The van der Waals surface area contributed by atoms with Crippen molar-refractivity contribution in [2.24, 2.45) is 0 Å². The number of amides is 3. The van der Waals surface area contributed by atoms with Crippen molar-refractivity contribution in [1.29, 1.82) is 0 Å². The van der Waals surface area contributed by atoms with Crippen LogP contribution in [0.4, 0.5) is 21.0 Å². The van der Waals surface area contributed by atoms with E-state index in [2.05, 4.69) is 15.5 Å². The number of anilines is 2. The molecule has 148 valence electrons. The van der Waals surface area contributed by atoms with Gasteiger partial charge in [0, 0.05) is 43.6 Å². The molecular formula is C20H30N4O3. The van der Waals surface area contributed by atoms with Gasteiger partial charge in [0.1, 0.15) is 0 Å². The zero-order valence-corrected chi connectivity index (χ0v) is 16.3. The summed E-state index contributed by atoms with van der Waals surface area (Å²) in [6, 6.07) is 6.07. The van der Waals surface area contributed by atoms with Crippen LogP contribution in [0, 0.1) is 6.92 Å². The molecular weight excluding hydrogens is 344 g/mol. The molecule has 2 fully saturated rings. The van der Waals surface area contributed by atoms with E-state index in [1.54, 1.807) is 13.0 Å². The van der Waals surface area contributed by atoms with E-state index in [0.717, 1.165) is 31.7 Å². The molecule has 3 rings (SSSR count). The van der Waals surface area contributed by atoms with Crippen LogP contribution in [0.3, 0.4) is 0 Å². The molecule has 2 aliphatic rings. The summed E-state index contributed by atoms with van der Waals surface area (Å²) in [5, 5.41) is 5.69. The first kappa shape index (κ1) is 19.5. The molecule has 1 aromatic carbocycles. The Morgan fingerprint density at radius 3 is 2.33 bits per heavy atom. The zero-order valence-electron chi connectivity index (χ0n) is 16.3. The number of urea groups is 1. The van der Waals surface area contributed by atoms with Crippen molar-refractivity contribution in [3.63, 3.8) is 0 Å². The van der Waals surface area contributed by atoms with Gasteiger partial charge in [-0.05, 0) is 44.4 Å². The van der Waals surface area contributed by atoms with E-state index in [9.17, 15) is 9.59 Å². The van der Waals surface area contributed by atoms with E-state index in [1.165, 1.54) is 25.7 Å². The minimum absolute atomic E-state index is 0.0857. The van der Waals surface area contributed by atoms with Gasteiger partial charge in [0.25, 0.3) is 0 Å². The fourth-order valence-electron chi connectivity index (χ4n) is 3.94. The van der Waals surface area contributed by atoms with Crippen LogP contribution in [0.25, 0.3) is 0 Å². The van der Waals surface area contributed by atoms with Gasteiger partial charge in [-0.1, -0.05) is 18.9 Å². The molecule has 1 saturated carbocycles. The normalized spacial score (nSPS) is 18.4. The van der Waals surface area contributed by atoms with Crippen molar-refractivity contribution in [3.05, 3.63) is 23.8 Å². The van der Waals surface area contributed by atoms with E-state index in [4.69, 9.17) is 4.74 Å². The molecule has 2 N–H and O–H groups in total. The first-order valence-electron chi connectivity index (χ1n) is 9.92. The van der Waals surface area contributed by atoms with E-state index in [0.29, 0.717) is 24.0 Å². The Balaban J connectivity index is 1.55. The molecule has 0 spiro atoms. The van der Waals surface area contributed by atoms with Gasteiger partial charge in [0.2, 0.25) is 0 Å². The van der Waals surface area contributed by atoms with Crippen molar-refractivity contribution in [2.75, 3.05) is 43.4 Å². The summed E-state index contributed by atoms with van der Waals surface area (Å²) < 4.78 is 4.92. The Labute approximate surface area is 161 Å². The highest BCUT2D eigenvalue weighted by Crippen LogP contribution is 2.26. The van der Waals surface area contributed by atoms with Crippen LogP contribution in [-0.4, -0.2) is 60.8 Å². The van der Waals surface area contributed by atoms with Gasteiger partial charge >= 0.3 is 12.1 Å². The number of nitrogens with one attached hydrogen (secondary N) is 2. The van der Waals surface area contributed by atoms with Gasteiger partial charge < -0.3 is 15.0 Å². The highest BCUT2D eigenvalue weighted by Gasteiger charge is 2.28. The summed E-state index contributed by atoms with van der Waals surface area (Å²) in [7, 11) is 0. The maximum atomic E-state index is 12.7. The molecule has 7 heteroatoms. The van der Waals surface area contributed by atoms with Crippen LogP contribution >= 0.6 is 0 Å². The number of carbonyl (C=O) groups is 2. The van der Waals surface area contributed by atoms with Gasteiger partial charge in [0.15, 0.2) is 0 Å². The molecule has 1 aliphatic heterocycles. The van der Waals surface area contributed by atoms with Gasteiger partial charge in [-0.15, -0.1) is 0 Å². The first-order chi connectivity index (χ1) is 13.1. The van der Waals surface area contributed by atoms with Crippen LogP contribution in [0.2, 0.25) is 0 Å². The molecule has 0 unspecified atom stereocenters. The minimum Gasteiger partial charge on any atom is -0.450 e. The monoisotopic (exact) mass is 374 g/mol. The van der Waals surface area contributed by atoms with Crippen molar-refractivity contribution in [1.82, 2.24) is 9.80 Å². The van der Waals surface area contributed by atoms with Crippen molar-refractivity contribution in [2.45, 2.75) is 45.6 Å². The van der Waals surface area contributed by atoms with Gasteiger partial charge in [-0.3, -0.25) is 10.2 Å². The first-order valence-corrected chi connectivity index (χ1v) is 9.92. The smallest absolute Gasteiger partial charge is 0.411 e. The van der Waals surface area contributed by atoms with E-state index in [-0.39, 0.29) is 6.03 Å². The lowest BCUT2D eigenvalue weighted by Gasteiger charge is -2.38. The summed E-state index contributed by atoms with van der Waals surface area (Å²) in [6.45, 7) is 7.34. The lowest BCUT2D eigenvalue weighted by molar-refractivity contribution is 0.115. The number of carbonyl (C=O) groups excluding carboxylic acids is 2. The second kappa shape index (κ2) is 9.08. The van der Waals surface area contributed by atoms with Crippen molar-refractivity contribution < 1.29 is 14.3 Å². The number of benzene rings is 1. The maximum Gasteiger partial charge on any atom is 0.411 e. The number of hydrogen-bond acceptors (Lipinski definition) is 4. The standard InChI is InChI=1S/C20H30N4O3/c1-3-27-20(26)22-18-10-6-9-17(15(18)2)21-19(25)24-13-11-23(12-14-24)16-7-4-5-8-16/h6,9-10,16H,3-5,7-8,11-14H2,1-2H3,(H,21,25)(H,22,26). The lowest BCUT2D eigenvalue weighted by atomic mass is 10.1. The number of nitrogens with zero attached hydrogens (tertiary/aromatic N) is 2. The molecule has 0 aromatic heterocycles. The Morgan fingerprint density at radius 1 is 1.07 bits per heavy atom. The predicted molar refractivity (Wildman–Crippen MR) is 106 cm³/mol. The summed E-state index contributed by atoms with van der Waals surface area (Å²) >= 11 is 0. The minimum atomic E-state index is -0.493. The van der Waals surface area contributed by atoms with E-state index in [1.807, 2.05) is 24.0 Å². The number of ether oxygens (including phenoxy) is 1. The summed E-state index contributed by atoms with van der Waals surface area (Å²) in [4.78, 5) is 28.7. The molecule has 27 heavy (non-hydrogen) atoms. The molecule has 0 bridgehead atoms. The third kappa shape index (κ3) is 4.91. The van der Waals surface area contributed by atoms with Crippen LogP contribution in [0.1, 0.15) is 38.2 Å². The molecule has 0 radical (unpaired) electrons. The van der Waals surface area contributed by atoms with Crippen LogP contribution < -0.4 is 10.6 Å². The van der Waals surface area contributed by atoms with Crippen molar-refractivity contribution in [3.8, 4) is 0 Å². The highest BCUT2D eigenvalue weighted by molar-refractivity contribution is 5.93. The quantitative estimate of drug-likeness (QED) is 0.844. The van der Waals surface area contributed by atoms with Crippen molar-refractivity contribution >= 4 is 23.5 Å². The summed E-state index contributed by atoms with van der Waals surface area (Å²) in [5.41, 5.74) is 2.15. The second-order valence-corrected chi connectivity index (χ2v) is 7.22. The molecule has 1 heterocycles. The molecule has 1 aliphatic carbocycles. The molecule has 7 nitrogen and oxygen atoms in total. The van der Waals surface area contributed by atoms with E-state index >= 15 is 0 Å². The fraction of sp³-hybridized carbons (Fsp3) is 0.600. The summed E-state index contributed by atoms with van der Waals surface area (Å²) in [5.74, 6) is 0. The zero-order chi connectivity index (χ0) is 19.2. The Morgan fingerprint density at radius 2 is 1.70 bits per heavy atom. The summed E-state index contributed by atoms with van der Waals surface area (Å²) in [6.07, 6.45) is 4.77. The molecule has 1 aromatic rings. The average Bonchev–Trinajstić information content (AvgIpc) is 3.20. The molecule has 0 atom stereocenters. The Bertz CT molecular complexity index is 665. The second-order valence-electron chi connectivity index (χ2n) is 7.22. The maximum absolute atomic E-state index is 12.7. The average molecular weight is 374 g/mol. The fourth-order valence-corrected chi connectivity index (χ4v) is 3.94. The Hall–Kier alpha value is -2.28. The van der Waals surface area contributed by atoms with Crippen LogP contribution in [0.5, 0.6) is 0 Å². The molecule has 1 saturated heterocycles. The third-order valence-corrected chi connectivity index (χ3v) is 5.53. The highest BCUT2D eigenvalue weighted by atomic mass is 16.5. The van der Waals surface area contributed by atoms with Gasteiger partial charge in [-0.25, -0.2) is 9.59 Å². The van der Waals surface area contributed by atoms with Crippen LogP contribution in [-0.2, 0) is 4.74 Å². The lowest BCUT2D eigenvalue weighted by Crippen LogP contribution is -2.52. The SMILES string of the molecule is CCOC(=O)Nc1cccc(NC(=O)N2CCN(C3CCCC3)CC2)c1C. The third-order valence-electron chi connectivity index (χ3n) is 5.53. The van der Waals surface area contributed by atoms with Crippen LogP contribution in [0.15, 0.2) is 18.2 Å². The topological polar surface area (TPSA) is 73.9 Å². The largest absolute Gasteiger partial charge is 0.450 e. The van der Waals surface area contributed by atoms with Gasteiger partial charge in [0.05, 0.1) is 6.61 Å². The predicted octanol–water partition coefficient (Wildman–Crippen LogP) is 3.66. The Kier molecular flexibility index (Phi) is 6.55. The van der Waals surface area contributed by atoms with E-state index < -0.39 is 6.09 Å². The number of piperazine rings is 1. The molecule has 3 amide bonds. The number of hydrogen-bond donors (Lipinski definition) is 2. The number of rotatable bonds is 4.